The first-order valence-electron chi connectivity index (χ1n) is 6.84. The molecular weight excluding hydrogens is 264 g/mol. The van der Waals surface area contributed by atoms with Crippen LogP contribution in [-0.2, 0) is 14.3 Å². The molecule has 0 spiro atoms. The van der Waals surface area contributed by atoms with Gasteiger partial charge in [-0.3, -0.25) is 4.79 Å². The van der Waals surface area contributed by atoms with Crippen LogP contribution in [0.15, 0.2) is 0 Å². The zero-order chi connectivity index (χ0) is 15.1. The molecular formula is C13H24N2O5. The van der Waals surface area contributed by atoms with Gasteiger partial charge in [0.2, 0.25) is 0 Å². The van der Waals surface area contributed by atoms with Gasteiger partial charge in [0.25, 0.3) is 0 Å². The van der Waals surface area contributed by atoms with Crippen molar-refractivity contribution in [2.75, 3.05) is 47.1 Å². The molecule has 2 atom stereocenters. The molecule has 2 amide bonds. The van der Waals surface area contributed by atoms with E-state index in [0.717, 1.165) is 6.42 Å². The van der Waals surface area contributed by atoms with E-state index in [9.17, 15) is 14.7 Å². The van der Waals surface area contributed by atoms with E-state index in [2.05, 4.69) is 0 Å². The number of aliphatic carboxylic acids is 1. The standard InChI is InChI=1S/C13H24N2O5/c1-4-15(11-9-20-8-10(11)12(16)17)13(18)14(2)6-5-7-19-3/h10-11H,4-9H2,1-3H3,(H,16,17). The highest BCUT2D eigenvalue weighted by atomic mass is 16.5. The van der Waals surface area contributed by atoms with Crippen LogP contribution in [0.1, 0.15) is 13.3 Å². The molecule has 0 aromatic rings. The van der Waals surface area contributed by atoms with Crippen molar-refractivity contribution in [1.82, 2.24) is 9.80 Å². The molecule has 0 radical (unpaired) electrons. The predicted molar refractivity (Wildman–Crippen MR) is 72.6 cm³/mol. The van der Waals surface area contributed by atoms with Gasteiger partial charge in [-0.1, -0.05) is 0 Å². The first-order chi connectivity index (χ1) is 9.52. The van der Waals surface area contributed by atoms with Crippen molar-refractivity contribution in [2.45, 2.75) is 19.4 Å². The zero-order valence-corrected chi connectivity index (χ0v) is 12.4. The predicted octanol–water partition coefficient (Wildman–Crippen LogP) is 0.496. The van der Waals surface area contributed by atoms with Gasteiger partial charge in [-0.2, -0.15) is 0 Å². The molecule has 2 unspecified atom stereocenters. The highest BCUT2D eigenvalue weighted by Gasteiger charge is 2.40. The number of amides is 2. The maximum Gasteiger partial charge on any atom is 0.320 e. The molecule has 1 N–H and O–H groups in total. The van der Waals surface area contributed by atoms with Gasteiger partial charge >= 0.3 is 12.0 Å². The summed E-state index contributed by atoms with van der Waals surface area (Å²) in [5.41, 5.74) is 0. The van der Waals surface area contributed by atoms with Crippen LogP contribution in [0.5, 0.6) is 0 Å². The number of rotatable bonds is 7. The number of ether oxygens (including phenoxy) is 2. The molecule has 20 heavy (non-hydrogen) atoms. The number of likely N-dealkylation sites (N-methyl/N-ethyl adjacent to an activating group) is 1. The number of carbonyl (C=O) groups is 2. The molecule has 1 aliphatic rings. The molecule has 0 saturated carbocycles. The number of carbonyl (C=O) groups excluding carboxylic acids is 1. The van der Waals surface area contributed by atoms with Crippen molar-refractivity contribution in [3.8, 4) is 0 Å². The Morgan fingerprint density at radius 3 is 2.65 bits per heavy atom. The van der Waals surface area contributed by atoms with Gasteiger partial charge in [0.1, 0.15) is 5.92 Å². The highest BCUT2D eigenvalue weighted by molar-refractivity contribution is 5.77. The normalized spacial score (nSPS) is 21.8. The number of hydrogen-bond acceptors (Lipinski definition) is 4. The van der Waals surface area contributed by atoms with Gasteiger partial charge in [0, 0.05) is 33.9 Å². The van der Waals surface area contributed by atoms with Crippen LogP contribution in [-0.4, -0.2) is 80.0 Å². The van der Waals surface area contributed by atoms with E-state index in [0.29, 0.717) is 19.7 Å². The summed E-state index contributed by atoms with van der Waals surface area (Å²) in [6, 6.07) is -0.555. The molecule has 116 valence electrons. The molecule has 0 aromatic carbocycles. The zero-order valence-electron chi connectivity index (χ0n) is 12.4. The molecule has 1 heterocycles. The lowest BCUT2D eigenvalue weighted by Gasteiger charge is -2.33. The van der Waals surface area contributed by atoms with E-state index in [1.54, 1.807) is 24.0 Å². The van der Waals surface area contributed by atoms with Gasteiger partial charge in [0.15, 0.2) is 0 Å². The minimum atomic E-state index is -0.916. The van der Waals surface area contributed by atoms with Crippen molar-refractivity contribution >= 4 is 12.0 Å². The van der Waals surface area contributed by atoms with Crippen LogP contribution in [0.4, 0.5) is 4.79 Å². The van der Waals surface area contributed by atoms with E-state index in [4.69, 9.17) is 9.47 Å². The summed E-state index contributed by atoms with van der Waals surface area (Å²) in [5, 5.41) is 9.17. The monoisotopic (exact) mass is 288 g/mol. The molecule has 0 bridgehead atoms. The fourth-order valence-corrected chi connectivity index (χ4v) is 2.36. The quantitative estimate of drug-likeness (QED) is 0.690. The number of urea groups is 1. The molecule has 1 aliphatic heterocycles. The summed E-state index contributed by atoms with van der Waals surface area (Å²) < 4.78 is 10.2. The van der Waals surface area contributed by atoms with Gasteiger partial charge in [0.05, 0.1) is 19.3 Å². The average Bonchev–Trinajstić information content (AvgIpc) is 2.89. The number of carboxylic acid groups (broad SMARTS) is 1. The summed E-state index contributed by atoms with van der Waals surface area (Å²) in [5.74, 6) is -1.56. The Morgan fingerprint density at radius 2 is 2.10 bits per heavy atom. The van der Waals surface area contributed by atoms with E-state index in [1.165, 1.54) is 0 Å². The Labute approximate surface area is 119 Å². The van der Waals surface area contributed by atoms with Crippen LogP contribution in [0.25, 0.3) is 0 Å². The number of hydrogen-bond donors (Lipinski definition) is 1. The number of nitrogens with zero attached hydrogens (tertiary/aromatic N) is 2. The Hall–Kier alpha value is -1.34. The SMILES string of the molecule is CCN(C(=O)N(C)CCCOC)C1COCC1C(=O)O. The molecule has 1 saturated heterocycles. The van der Waals surface area contributed by atoms with E-state index in [1.807, 2.05) is 6.92 Å². The topological polar surface area (TPSA) is 79.3 Å². The second-order valence-corrected chi connectivity index (χ2v) is 4.89. The summed E-state index contributed by atoms with van der Waals surface area (Å²) >= 11 is 0. The summed E-state index contributed by atoms with van der Waals surface area (Å²) in [7, 11) is 3.33. The van der Waals surface area contributed by atoms with Crippen LogP contribution < -0.4 is 0 Å². The van der Waals surface area contributed by atoms with Crippen LogP contribution in [0.2, 0.25) is 0 Å². The molecule has 7 heteroatoms. The Bertz CT molecular complexity index is 337. The van der Waals surface area contributed by atoms with E-state index in [-0.39, 0.29) is 19.2 Å². The number of methoxy groups -OCH3 is 1. The summed E-state index contributed by atoms with van der Waals surface area (Å²) in [6.45, 7) is 3.92. The lowest BCUT2D eigenvalue weighted by atomic mass is 10.0. The Morgan fingerprint density at radius 1 is 1.40 bits per heavy atom. The molecule has 7 nitrogen and oxygen atoms in total. The van der Waals surface area contributed by atoms with Crippen molar-refractivity contribution in [1.29, 1.82) is 0 Å². The maximum atomic E-state index is 12.4. The van der Waals surface area contributed by atoms with Gasteiger partial charge in [-0.25, -0.2) is 4.79 Å². The van der Waals surface area contributed by atoms with Crippen molar-refractivity contribution in [2.24, 2.45) is 5.92 Å². The van der Waals surface area contributed by atoms with Gasteiger partial charge in [-0.05, 0) is 13.3 Å². The van der Waals surface area contributed by atoms with Crippen LogP contribution in [0, 0.1) is 5.92 Å². The third-order valence-corrected chi connectivity index (χ3v) is 3.52. The van der Waals surface area contributed by atoms with Crippen LogP contribution in [0.3, 0.4) is 0 Å². The summed E-state index contributed by atoms with van der Waals surface area (Å²) in [4.78, 5) is 26.8. The summed E-state index contributed by atoms with van der Waals surface area (Å²) in [6.07, 6.45) is 0.750. The van der Waals surface area contributed by atoms with E-state index >= 15 is 0 Å². The van der Waals surface area contributed by atoms with Crippen molar-refractivity contribution < 1.29 is 24.2 Å². The van der Waals surface area contributed by atoms with Gasteiger partial charge in [-0.15, -0.1) is 0 Å². The first kappa shape index (κ1) is 16.7. The molecule has 1 fully saturated rings. The van der Waals surface area contributed by atoms with Crippen molar-refractivity contribution in [3.05, 3.63) is 0 Å². The molecule has 0 aromatic heterocycles. The number of carboxylic acids is 1. The minimum Gasteiger partial charge on any atom is -0.481 e. The molecule has 1 rings (SSSR count). The minimum absolute atomic E-state index is 0.162. The highest BCUT2D eigenvalue weighted by Crippen LogP contribution is 2.21. The fraction of sp³-hybridized carbons (Fsp3) is 0.846. The Balaban J connectivity index is 2.64. The second-order valence-electron chi connectivity index (χ2n) is 4.89. The molecule has 0 aliphatic carbocycles. The third-order valence-electron chi connectivity index (χ3n) is 3.52. The van der Waals surface area contributed by atoms with Gasteiger partial charge < -0.3 is 24.4 Å². The second kappa shape index (κ2) is 8.06. The van der Waals surface area contributed by atoms with Crippen LogP contribution >= 0.6 is 0 Å². The van der Waals surface area contributed by atoms with Crippen molar-refractivity contribution in [3.63, 3.8) is 0 Å². The average molecular weight is 288 g/mol. The largest absolute Gasteiger partial charge is 0.481 e. The third kappa shape index (κ3) is 4.08. The lowest BCUT2D eigenvalue weighted by Crippen LogP contribution is -2.51. The lowest BCUT2D eigenvalue weighted by molar-refractivity contribution is -0.142. The smallest absolute Gasteiger partial charge is 0.320 e. The maximum absolute atomic E-state index is 12.4. The Kier molecular flexibility index (Phi) is 6.74. The fourth-order valence-electron chi connectivity index (χ4n) is 2.36. The first-order valence-corrected chi connectivity index (χ1v) is 6.84. The van der Waals surface area contributed by atoms with E-state index < -0.39 is 17.9 Å².